The maximum absolute atomic E-state index is 4.52. The lowest BCUT2D eigenvalue weighted by atomic mass is 9.81. The van der Waals surface area contributed by atoms with Crippen molar-refractivity contribution in [2.75, 3.05) is 31.1 Å². The van der Waals surface area contributed by atoms with Crippen LogP contribution in [0.3, 0.4) is 0 Å². The summed E-state index contributed by atoms with van der Waals surface area (Å²) >= 11 is 0. The number of hydrogen-bond acceptors (Lipinski definition) is 5. The molecule has 2 N–H and O–H groups in total. The van der Waals surface area contributed by atoms with Crippen molar-refractivity contribution < 1.29 is 0 Å². The van der Waals surface area contributed by atoms with Crippen LogP contribution in [-0.2, 0) is 0 Å². The Bertz CT molecular complexity index is 558. The lowest BCUT2D eigenvalue weighted by Crippen LogP contribution is -2.54. The van der Waals surface area contributed by atoms with Gasteiger partial charge in [-0.2, -0.15) is 10.1 Å². The van der Waals surface area contributed by atoms with Crippen molar-refractivity contribution in [1.29, 1.82) is 0 Å². The van der Waals surface area contributed by atoms with E-state index in [1.165, 1.54) is 6.42 Å². The molecule has 2 aromatic rings. The van der Waals surface area contributed by atoms with E-state index in [-0.39, 0.29) is 0 Å². The van der Waals surface area contributed by atoms with Crippen LogP contribution >= 0.6 is 0 Å². The molecule has 0 unspecified atom stereocenters. The predicted octanol–water partition coefficient (Wildman–Crippen LogP) is 0.153. The molecule has 6 nitrogen and oxygen atoms in total. The Morgan fingerprint density at radius 2 is 2.24 bits per heavy atom. The van der Waals surface area contributed by atoms with Crippen LogP contribution in [0.4, 0.5) is 5.95 Å². The van der Waals surface area contributed by atoms with Crippen molar-refractivity contribution in [1.82, 2.24) is 25.5 Å². The summed E-state index contributed by atoms with van der Waals surface area (Å²) < 4.78 is 0. The second kappa shape index (κ2) is 3.16. The van der Waals surface area contributed by atoms with Gasteiger partial charge < -0.3 is 10.2 Å². The van der Waals surface area contributed by atoms with Gasteiger partial charge in [0.1, 0.15) is 0 Å². The second-order valence-corrected chi connectivity index (χ2v) is 5.12. The molecule has 1 spiro atoms. The van der Waals surface area contributed by atoms with Crippen LogP contribution in [0.15, 0.2) is 12.4 Å². The topological polar surface area (TPSA) is 69.7 Å². The molecule has 17 heavy (non-hydrogen) atoms. The van der Waals surface area contributed by atoms with E-state index in [2.05, 4.69) is 30.4 Å². The summed E-state index contributed by atoms with van der Waals surface area (Å²) in [5.41, 5.74) is 1.30. The smallest absolute Gasteiger partial charge is 0.227 e. The molecule has 2 aliphatic heterocycles. The summed E-state index contributed by atoms with van der Waals surface area (Å²) in [7, 11) is 0. The first kappa shape index (κ1) is 9.35. The highest BCUT2D eigenvalue weighted by Gasteiger charge is 2.43. The molecule has 2 aliphatic rings. The zero-order valence-corrected chi connectivity index (χ0v) is 9.48. The second-order valence-electron chi connectivity index (χ2n) is 5.12. The highest BCUT2D eigenvalue weighted by atomic mass is 15.3. The van der Waals surface area contributed by atoms with E-state index in [1.54, 1.807) is 6.20 Å². The Kier molecular flexibility index (Phi) is 1.74. The van der Waals surface area contributed by atoms with Crippen LogP contribution in [0.5, 0.6) is 0 Å². The molecule has 0 saturated carbocycles. The molecule has 2 fully saturated rings. The number of nitrogens with one attached hydrogen (secondary N) is 2. The predicted molar refractivity (Wildman–Crippen MR) is 63.8 cm³/mol. The van der Waals surface area contributed by atoms with Crippen molar-refractivity contribution >= 4 is 17.0 Å². The summed E-state index contributed by atoms with van der Waals surface area (Å²) in [4.78, 5) is 11.2. The average molecular weight is 230 g/mol. The number of hydrogen-bond donors (Lipinski definition) is 2. The van der Waals surface area contributed by atoms with Gasteiger partial charge in [-0.3, -0.25) is 5.10 Å². The molecule has 6 heteroatoms. The SMILES string of the molecule is c1n[nH]c2nc(N3CCC4(CNC4)C3)ncc12. The Hall–Kier alpha value is -1.69. The fourth-order valence-corrected chi connectivity index (χ4v) is 2.75. The lowest BCUT2D eigenvalue weighted by Gasteiger charge is -2.38. The van der Waals surface area contributed by atoms with Crippen molar-refractivity contribution in [3.63, 3.8) is 0 Å². The van der Waals surface area contributed by atoms with Gasteiger partial charge in [-0.1, -0.05) is 0 Å². The number of aromatic nitrogens is 4. The monoisotopic (exact) mass is 230 g/mol. The van der Waals surface area contributed by atoms with Crippen molar-refractivity contribution in [3.8, 4) is 0 Å². The standard InChI is InChI=1S/C11H14N6/c1-2-17(7-11(1)5-12-6-11)10-13-3-8-4-14-16-9(8)15-10/h3-4,12H,1-2,5-7H2,(H,13,14,15,16). The molecular weight excluding hydrogens is 216 g/mol. The Morgan fingerprint density at radius 3 is 3.00 bits per heavy atom. The molecule has 0 atom stereocenters. The fraction of sp³-hybridized carbons (Fsp3) is 0.545. The van der Waals surface area contributed by atoms with E-state index in [1.807, 2.05) is 6.20 Å². The van der Waals surface area contributed by atoms with Gasteiger partial charge in [0.2, 0.25) is 5.95 Å². The molecule has 4 heterocycles. The fourth-order valence-electron chi connectivity index (χ4n) is 2.75. The molecule has 0 aromatic carbocycles. The number of H-pyrrole nitrogens is 1. The van der Waals surface area contributed by atoms with Gasteiger partial charge in [-0.25, -0.2) is 4.98 Å². The third-order valence-corrected chi connectivity index (χ3v) is 3.90. The van der Waals surface area contributed by atoms with Crippen molar-refractivity contribution in [3.05, 3.63) is 12.4 Å². The average Bonchev–Trinajstić information content (AvgIpc) is 2.94. The molecule has 0 amide bonds. The highest BCUT2D eigenvalue weighted by Crippen LogP contribution is 2.35. The maximum atomic E-state index is 4.52. The largest absolute Gasteiger partial charge is 0.340 e. The molecule has 0 radical (unpaired) electrons. The quantitative estimate of drug-likeness (QED) is 0.730. The van der Waals surface area contributed by atoms with E-state index in [9.17, 15) is 0 Å². The molecule has 88 valence electrons. The molecule has 2 saturated heterocycles. The normalized spacial score (nSPS) is 22.2. The first-order chi connectivity index (χ1) is 8.35. The molecule has 4 rings (SSSR count). The lowest BCUT2D eigenvalue weighted by molar-refractivity contribution is 0.199. The first-order valence-electron chi connectivity index (χ1n) is 5.97. The van der Waals surface area contributed by atoms with E-state index >= 15 is 0 Å². The van der Waals surface area contributed by atoms with Gasteiger partial charge >= 0.3 is 0 Å². The van der Waals surface area contributed by atoms with Crippen molar-refractivity contribution in [2.24, 2.45) is 5.41 Å². The third-order valence-electron chi connectivity index (χ3n) is 3.90. The molecule has 0 aliphatic carbocycles. The minimum Gasteiger partial charge on any atom is -0.340 e. The number of fused-ring (bicyclic) bond motifs is 1. The zero-order valence-electron chi connectivity index (χ0n) is 9.48. The van der Waals surface area contributed by atoms with Gasteiger partial charge in [-0.05, 0) is 6.42 Å². The molecular formula is C11H14N6. The van der Waals surface area contributed by atoms with Gasteiger partial charge in [0.15, 0.2) is 5.65 Å². The summed E-state index contributed by atoms with van der Waals surface area (Å²) in [6, 6.07) is 0. The van der Waals surface area contributed by atoms with Crippen LogP contribution in [-0.4, -0.2) is 46.3 Å². The van der Waals surface area contributed by atoms with Crippen molar-refractivity contribution in [2.45, 2.75) is 6.42 Å². The van der Waals surface area contributed by atoms with Gasteiger partial charge in [0.25, 0.3) is 0 Å². The van der Waals surface area contributed by atoms with E-state index in [0.717, 1.165) is 43.2 Å². The third kappa shape index (κ3) is 1.33. The summed E-state index contributed by atoms with van der Waals surface area (Å²) in [5.74, 6) is 0.825. The summed E-state index contributed by atoms with van der Waals surface area (Å²) in [6.45, 7) is 4.40. The zero-order chi connectivity index (χ0) is 11.3. The van der Waals surface area contributed by atoms with Crippen LogP contribution in [0.25, 0.3) is 11.0 Å². The van der Waals surface area contributed by atoms with E-state index in [4.69, 9.17) is 0 Å². The summed E-state index contributed by atoms with van der Waals surface area (Å²) in [6.07, 6.45) is 4.83. The minimum absolute atomic E-state index is 0.478. The number of aromatic amines is 1. The molecule has 2 aromatic heterocycles. The minimum atomic E-state index is 0.478. The highest BCUT2D eigenvalue weighted by molar-refractivity contribution is 5.73. The van der Waals surface area contributed by atoms with Crippen LogP contribution in [0.1, 0.15) is 6.42 Å². The van der Waals surface area contributed by atoms with E-state index in [0.29, 0.717) is 5.41 Å². The Balaban J connectivity index is 1.65. The van der Waals surface area contributed by atoms with Crippen LogP contribution in [0.2, 0.25) is 0 Å². The van der Waals surface area contributed by atoms with E-state index < -0.39 is 0 Å². The first-order valence-corrected chi connectivity index (χ1v) is 5.97. The van der Waals surface area contributed by atoms with Gasteiger partial charge in [0, 0.05) is 37.8 Å². The Morgan fingerprint density at radius 1 is 1.29 bits per heavy atom. The molecule has 0 bridgehead atoms. The number of rotatable bonds is 1. The van der Waals surface area contributed by atoms with Gasteiger partial charge in [-0.15, -0.1) is 0 Å². The summed E-state index contributed by atoms with van der Waals surface area (Å²) in [5, 5.41) is 11.2. The van der Waals surface area contributed by atoms with Gasteiger partial charge in [0.05, 0.1) is 11.6 Å². The Labute approximate surface area is 98.4 Å². The van der Waals surface area contributed by atoms with Crippen LogP contribution in [0, 0.1) is 5.41 Å². The van der Waals surface area contributed by atoms with Crippen LogP contribution < -0.4 is 10.2 Å². The number of anilines is 1. The number of nitrogens with zero attached hydrogens (tertiary/aromatic N) is 4. The maximum Gasteiger partial charge on any atom is 0.227 e.